The fourth-order valence-corrected chi connectivity index (χ4v) is 12.4. The first-order valence-electron chi connectivity index (χ1n) is 27.6. The van der Waals surface area contributed by atoms with Gasteiger partial charge in [0.05, 0.1) is 57.6 Å². The van der Waals surface area contributed by atoms with Crippen molar-refractivity contribution < 1.29 is 24.5 Å². The van der Waals surface area contributed by atoms with E-state index in [0.717, 1.165) is 77.5 Å². The van der Waals surface area contributed by atoms with Crippen LogP contribution in [0.25, 0.3) is 131 Å². The van der Waals surface area contributed by atoms with Crippen molar-refractivity contribution in [1.82, 2.24) is 8.97 Å². The molecule has 10 aromatic carbocycles. The largest absolute Gasteiger partial charge is 0.496 e. The molecule has 0 unspecified atom stereocenters. The van der Waals surface area contributed by atoms with E-state index in [9.17, 15) is 4.79 Å². The molecule has 5 aromatic heterocycles. The number of aryl methyl sites for hydroxylation is 2. The van der Waals surface area contributed by atoms with Gasteiger partial charge in [-0.1, -0.05) is 115 Å². The van der Waals surface area contributed by atoms with Crippen molar-refractivity contribution in [3.05, 3.63) is 179 Å². The number of Topliss-reactive ketones (excluding diaryl/α,β-unsaturated/α-hetero) is 1. The molecule has 0 amide bonds. The molecule has 0 spiro atoms. The fraction of sp³-hybridized carbons (Fsp3) is 0.208. The average molecular weight is 1070 g/mol. The predicted octanol–water partition coefficient (Wildman–Crippen LogP) is 20.8. The van der Waals surface area contributed by atoms with E-state index in [2.05, 4.69) is 204 Å². The quantitative estimate of drug-likeness (QED) is 0.176. The molecule has 5 heterocycles. The van der Waals surface area contributed by atoms with Crippen LogP contribution in [0.3, 0.4) is 0 Å². The molecule has 400 valence electrons. The number of benzene rings is 10. The molecule has 80 heavy (non-hydrogen) atoms. The fourth-order valence-electron chi connectivity index (χ4n) is 12.2. The number of fused-ring (bicyclic) bond motifs is 19. The third kappa shape index (κ3) is 8.11. The Morgan fingerprint density at radius 2 is 1.00 bits per heavy atom. The normalized spacial score (nSPS) is 12.4. The Morgan fingerprint density at radius 1 is 0.487 bits per heavy atom. The lowest BCUT2D eigenvalue weighted by Gasteiger charge is -2.19. The number of furan rings is 2. The molecule has 15 rings (SSSR count). The van der Waals surface area contributed by atoms with Gasteiger partial charge in [0.25, 0.3) is 0 Å². The number of methoxy groups -OCH3 is 2. The van der Waals surface area contributed by atoms with E-state index in [1.54, 1.807) is 14.2 Å². The lowest BCUT2D eigenvalue weighted by Crippen LogP contribution is -2.10. The SMILES string of the molecule is C.COc1ccc(Cl)c2c1c1cc(C(C)(C)C)ccc1n2-c1ccc2c(ccc3oc4cc(C)ccc4c32)c1.COc1ccc2c3cc4c(ccc5oc6cc(C)ccc6c54)cc3n3c4ccc(C(C)(C)C)cc4c1c23.[2H]CC(C)=O. The number of carbonyl (C=O) groups excluding carboxylic acids is 1. The van der Waals surface area contributed by atoms with Crippen molar-refractivity contribution in [3.8, 4) is 17.2 Å². The van der Waals surface area contributed by atoms with Crippen LogP contribution in [0.4, 0.5) is 0 Å². The molecule has 7 nitrogen and oxygen atoms in total. The standard InChI is InChI=1S/C34H28ClNO2.C34H27NO2.C3H6O.CH4/c1-19-6-10-24-30(16-19)38-29-14-7-20-17-22(9-11-23(20)31(24)29)36-27-13-8-21(34(2,3)4)18-25(27)32-28(37-5)15-12-26(35)33(32)36;1-18-6-9-22-30(14-18)37-29-12-7-19-15-27-24(17-23(19)31(22)29)21-10-13-28(36-5)32-25-16-20(34(2,3)4)8-11-26(25)35(27)33(21)32;1-3(2)4;/h6-18H,1-5H3;6-17H,1-5H3;1-2H3;1H4/i;;1D;. The second kappa shape index (κ2) is 18.8. The summed E-state index contributed by atoms with van der Waals surface area (Å²) in [6.07, 6.45) is 0. The number of aromatic nitrogens is 2. The lowest BCUT2D eigenvalue weighted by molar-refractivity contribution is -0.115. The molecule has 0 bridgehead atoms. The number of hydrogen-bond donors (Lipinski definition) is 0. The van der Waals surface area contributed by atoms with Crippen molar-refractivity contribution in [2.75, 3.05) is 14.2 Å². The Labute approximate surface area is 471 Å². The van der Waals surface area contributed by atoms with Gasteiger partial charge in [-0.25, -0.2) is 0 Å². The summed E-state index contributed by atoms with van der Waals surface area (Å²) in [7, 11) is 3.49. The van der Waals surface area contributed by atoms with E-state index in [4.69, 9.17) is 31.3 Å². The summed E-state index contributed by atoms with van der Waals surface area (Å²) < 4.78 is 35.2. The maximum Gasteiger partial charge on any atom is 0.136 e. The van der Waals surface area contributed by atoms with Crippen LogP contribution in [-0.2, 0) is 15.6 Å². The van der Waals surface area contributed by atoms with Gasteiger partial charge in [-0.3, -0.25) is 0 Å². The summed E-state index contributed by atoms with van der Waals surface area (Å²) in [4.78, 5) is 9.62. The highest BCUT2D eigenvalue weighted by molar-refractivity contribution is 6.37. The molecule has 0 N–H and O–H groups in total. The van der Waals surface area contributed by atoms with Crippen LogP contribution in [0, 0.1) is 13.8 Å². The van der Waals surface area contributed by atoms with Crippen molar-refractivity contribution >= 4 is 143 Å². The summed E-state index contributed by atoms with van der Waals surface area (Å²) in [5.41, 5.74) is 15.6. The predicted molar refractivity (Wildman–Crippen MR) is 340 cm³/mol. The van der Waals surface area contributed by atoms with Gasteiger partial charge in [-0.15, -0.1) is 0 Å². The highest BCUT2D eigenvalue weighted by Crippen LogP contribution is 2.48. The Balaban J connectivity index is 0.000000147. The molecule has 0 saturated heterocycles. The van der Waals surface area contributed by atoms with Gasteiger partial charge in [-0.2, -0.15) is 0 Å². The van der Waals surface area contributed by atoms with Crippen LogP contribution < -0.4 is 9.47 Å². The number of halogens is 1. The highest BCUT2D eigenvalue weighted by Gasteiger charge is 2.26. The summed E-state index contributed by atoms with van der Waals surface area (Å²) in [5, 5.41) is 17.2. The minimum atomic E-state index is -0.0833. The minimum absolute atomic E-state index is 0. The zero-order chi connectivity index (χ0) is 55.8. The van der Waals surface area contributed by atoms with Gasteiger partial charge in [0.15, 0.2) is 0 Å². The van der Waals surface area contributed by atoms with E-state index < -0.39 is 0 Å². The Bertz CT molecular complexity index is 5060. The number of ether oxygens (including phenoxy) is 2. The van der Waals surface area contributed by atoms with Crippen molar-refractivity contribution in [1.29, 1.82) is 0 Å². The van der Waals surface area contributed by atoms with Gasteiger partial charge in [0, 0.05) is 50.1 Å². The number of ketones is 1. The smallest absolute Gasteiger partial charge is 0.136 e. The molecular formula is C72H65ClN2O5. The van der Waals surface area contributed by atoms with Gasteiger partial charge >= 0.3 is 0 Å². The minimum Gasteiger partial charge on any atom is -0.496 e. The van der Waals surface area contributed by atoms with Crippen molar-refractivity contribution in [2.24, 2.45) is 0 Å². The molecule has 0 atom stereocenters. The van der Waals surface area contributed by atoms with E-state index in [-0.39, 0.29) is 30.9 Å². The molecule has 0 saturated carbocycles. The van der Waals surface area contributed by atoms with Crippen molar-refractivity contribution in [2.45, 2.75) is 87.5 Å². The Hall–Kier alpha value is -8.52. The van der Waals surface area contributed by atoms with E-state index in [1.807, 2.05) is 12.1 Å². The Kier molecular flexibility index (Phi) is 12.0. The van der Waals surface area contributed by atoms with Crippen LogP contribution in [0.2, 0.25) is 5.02 Å². The van der Waals surface area contributed by atoms with E-state index in [0.29, 0.717) is 5.02 Å². The molecule has 0 aliphatic rings. The highest BCUT2D eigenvalue weighted by atomic mass is 35.5. The lowest BCUT2D eigenvalue weighted by atomic mass is 9.86. The first-order chi connectivity index (χ1) is 38.3. The molecule has 15 aromatic rings. The number of rotatable bonds is 3. The Morgan fingerprint density at radius 3 is 1.57 bits per heavy atom. The third-order valence-corrected chi connectivity index (χ3v) is 16.3. The molecule has 0 aliphatic carbocycles. The van der Waals surface area contributed by atoms with Gasteiger partial charge in [0.2, 0.25) is 0 Å². The van der Waals surface area contributed by atoms with Crippen LogP contribution in [0.15, 0.2) is 160 Å². The summed E-state index contributed by atoms with van der Waals surface area (Å²) in [6, 6.07) is 54.6. The van der Waals surface area contributed by atoms with E-state index >= 15 is 0 Å². The van der Waals surface area contributed by atoms with Gasteiger partial charge in [-0.05, 0) is 179 Å². The van der Waals surface area contributed by atoms with Gasteiger partial charge < -0.3 is 32.1 Å². The summed E-state index contributed by atoms with van der Waals surface area (Å²) >= 11 is 6.91. The molecule has 0 radical (unpaired) electrons. The van der Waals surface area contributed by atoms with E-state index in [1.165, 1.54) is 94.2 Å². The maximum absolute atomic E-state index is 9.62. The molecule has 0 aliphatic heterocycles. The second-order valence-corrected chi connectivity index (χ2v) is 23.8. The monoisotopic (exact) mass is 1070 g/mol. The summed E-state index contributed by atoms with van der Waals surface area (Å²) in [6.45, 7) is 19.0. The number of nitrogens with zero attached hydrogens (tertiary/aromatic N) is 2. The molecular weight excluding hydrogens is 1010 g/mol. The van der Waals surface area contributed by atoms with Crippen LogP contribution in [0.5, 0.6) is 11.5 Å². The van der Waals surface area contributed by atoms with Crippen molar-refractivity contribution in [3.63, 3.8) is 0 Å². The average Bonchev–Trinajstić information content (AvgIpc) is 4.45. The zero-order valence-electron chi connectivity index (χ0n) is 47.5. The first kappa shape index (κ1) is 51.0. The summed E-state index contributed by atoms with van der Waals surface area (Å²) in [5.74, 6) is 1.66. The van der Waals surface area contributed by atoms with Crippen LogP contribution >= 0.6 is 11.6 Å². The third-order valence-electron chi connectivity index (χ3n) is 16.0. The topological polar surface area (TPSA) is 71.2 Å². The maximum atomic E-state index is 9.62. The molecule has 8 heteroatoms. The molecule has 0 fully saturated rings. The first-order valence-corrected chi connectivity index (χ1v) is 27.2. The number of carbonyl (C=O) groups is 1. The number of hydrogen-bond acceptors (Lipinski definition) is 5. The van der Waals surface area contributed by atoms with Crippen LogP contribution in [0.1, 0.15) is 86.4 Å². The second-order valence-electron chi connectivity index (χ2n) is 23.4. The van der Waals surface area contributed by atoms with Crippen LogP contribution in [-0.4, -0.2) is 29.0 Å². The zero-order valence-corrected chi connectivity index (χ0v) is 47.2. The van der Waals surface area contributed by atoms with Gasteiger partial charge in [0.1, 0.15) is 39.6 Å².